The number of hydrogen-bond donors (Lipinski definition) is 1. The van der Waals surface area contributed by atoms with Gasteiger partial charge in [0.15, 0.2) is 0 Å². The third kappa shape index (κ3) is 4.19. The molecule has 1 aliphatic rings. The van der Waals surface area contributed by atoms with Gasteiger partial charge in [0.1, 0.15) is 17.6 Å². The smallest absolute Gasteiger partial charge is 0.239 e. The van der Waals surface area contributed by atoms with E-state index in [1.807, 2.05) is 0 Å². The van der Waals surface area contributed by atoms with Crippen LogP contribution in [0.2, 0.25) is 5.02 Å². The highest BCUT2D eigenvalue weighted by Crippen LogP contribution is 2.25. The molecule has 4 nitrogen and oxygen atoms in total. The van der Waals surface area contributed by atoms with Crippen LogP contribution in [0.5, 0.6) is 0 Å². The van der Waals surface area contributed by atoms with E-state index in [9.17, 15) is 18.4 Å². The van der Waals surface area contributed by atoms with Crippen molar-refractivity contribution in [2.75, 3.05) is 18.0 Å². The molecular formula is C19H17ClF2N2O2. The first-order valence-electron chi connectivity index (χ1n) is 8.23. The molecule has 0 radical (unpaired) electrons. The van der Waals surface area contributed by atoms with Gasteiger partial charge in [-0.15, -0.1) is 0 Å². The van der Waals surface area contributed by atoms with Crippen LogP contribution in [-0.4, -0.2) is 24.9 Å². The Morgan fingerprint density at radius 2 is 1.88 bits per heavy atom. The van der Waals surface area contributed by atoms with Gasteiger partial charge in [-0.2, -0.15) is 0 Å². The summed E-state index contributed by atoms with van der Waals surface area (Å²) in [7, 11) is 0. The minimum Gasteiger partial charge on any atom is -0.355 e. The Morgan fingerprint density at radius 1 is 1.15 bits per heavy atom. The maximum absolute atomic E-state index is 13.3. The lowest BCUT2D eigenvalue weighted by atomic mass is 10.1. The molecule has 2 aromatic rings. The molecule has 0 spiro atoms. The van der Waals surface area contributed by atoms with Crippen molar-refractivity contribution in [1.82, 2.24) is 5.32 Å². The van der Waals surface area contributed by atoms with Gasteiger partial charge in [-0.1, -0.05) is 11.6 Å². The summed E-state index contributed by atoms with van der Waals surface area (Å²) in [6.07, 6.45) is 0.805. The van der Waals surface area contributed by atoms with Gasteiger partial charge in [0.25, 0.3) is 0 Å². The molecule has 1 unspecified atom stereocenters. The van der Waals surface area contributed by atoms with Gasteiger partial charge in [-0.25, -0.2) is 8.78 Å². The van der Waals surface area contributed by atoms with Crippen LogP contribution in [0, 0.1) is 17.6 Å². The SMILES string of the molecule is O=C(NCCc1cc(F)cc(Cl)c1)C1CCN(c2ccc(F)cc2)C1=O. The van der Waals surface area contributed by atoms with Crippen molar-refractivity contribution in [3.63, 3.8) is 0 Å². The molecule has 0 saturated carbocycles. The molecule has 1 N–H and O–H groups in total. The van der Waals surface area contributed by atoms with Crippen molar-refractivity contribution < 1.29 is 18.4 Å². The largest absolute Gasteiger partial charge is 0.355 e. The minimum absolute atomic E-state index is 0.277. The molecule has 1 fully saturated rings. The summed E-state index contributed by atoms with van der Waals surface area (Å²) < 4.78 is 26.3. The Balaban J connectivity index is 1.55. The molecular weight excluding hydrogens is 362 g/mol. The van der Waals surface area contributed by atoms with Crippen LogP contribution in [0.25, 0.3) is 0 Å². The molecule has 3 rings (SSSR count). The first-order chi connectivity index (χ1) is 12.4. The molecule has 26 heavy (non-hydrogen) atoms. The number of carbonyl (C=O) groups is 2. The van der Waals surface area contributed by atoms with Gasteiger partial charge in [-0.05, 0) is 60.9 Å². The number of nitrogens with zero attached hydrogens (tertiary/aromatic N) is 1. The Bertz CT molecular complexity index is 807. The predicted octanol–water partition coefficient (Wildman–Crippen LogP) is 3.33. The summed E-state index contributed by atoms with van der Waals surface area (Å²) >= 11 is 5.80. The number of halogens is 3. The van der Waals surface area contributed by atoms with E-state index in [0.29, 0.717) is 35.7 Å². The monoisotopic (exact) mass is 378 g/mol. The number of hydrogen-bond acceptors (Lipinski definition) is 2. The average Bonchev–Trinajstić information content (AvgIpc) is 2.96. The van der Waals surface area contributed by atoms with Crippen molar-refractivity contribution in [3.05, 3.63) is 64.7 Å². The lowest BCUT2D eigenvalue weighted by molar-refractivity contribution is -0.132. The Morgan fingerprint density at radius 3 is 2.58 bits per heavy atom. The zero-order chi connectivity index (χ0) is 18.7. The minimum atomic E-state index is -0.767. The van der Waals surface area contributed by atoms with Gasteiger partial charge < -0.3 is 10.2 Å². The van der Waals surface area contributed by atoms with Gasteiger partial charge in [0.05, 0.1) is 0 Å². The third-order valence-electron chi connectivity index (χ3n) is 4.30. The van der Waals surface area contributed by atoms with Crippen molar-refractivity contribution >= 4 is 29.1 Å². The number of amides is 2. The predicted molar refractivity (Wildman–Crippen MR) is 95.0 cm³/mol. The molecule has 136 valence electrons. The topological polar surface area (TPSA) is 49.4 Å². The number of benzene rings is 2. The van der Waals surface area contributed by atoms with E-state index >= 15 is 0 Å². The van der Waals surface area contributed by atoms with Gasteiger partial charge >= 0.3 is 0 Å². The van der Waals surface area contributed by atoms with Crippen LogP contribution >= 0.6 is 11.6 Å². The summed E-state index contributed by atoms with van der Waals surface area (Å²) in [5.41, 5.74) is 1.24. The highest BCUT2D eigenvalue weighted by Gasteiger charge is 2.37. The zero-order valence-corrected chi connectivity index (χ0v) is 14.6. The fraction of sp³-hybridized carbons (Fsp3) is 0.263. The van der Waals surface area contributed by atoms with Crippen molar-refractivity contribution in [1.29, 1.82) is 0 Å². The number of rotatable bonds is 5. The third-order valence-corrected chi connectivity index (χ3v) is 4.51. The molecule has 1 saturated heterocycles. The quantitative estimate of drug-likeness (QED) is 0.811. The second kappa shape index (κ2) is 7.83. The molecule has 7 heteroatoms. The number of anilines is 1. The van der Waals surface area contributed by atoms with E-state index in [-0.39, 0.29) is 24.2 Å². The second-order valence-corrected chi connectivity index (χ2v) is 6.56. The summed E-state index contributed by atoms with van der Waals surface area (Å²) in [5.74, 6) is -2.24. The molecule has 2 amide bonds. The summed E-state index contributed by atoms with van der Waals surface area (Å²) in [5, 5.41) is 3.01. The maximum atomic E-state index is 13.3. The fourth-order valence-electron chi connectivity index (χ4n) is 3.01. The highest BCUT2D eigenvalue weighted by atomic mass is 35.5. The zero-order valence-electron chi connectivity index (χ0n) is 13.8. The molecule has 1 atom stereocenters. The Labute approximate surface area is 154 Å². The summed E-state index contributed by atoms with van der Waals surface area (Å²) in [6, 6.07) is 9.79. The fourth-order valence-corrected chi connectivity index (χ4v) is 3.25. The van der Waals surface area contributed by atoms with Crippen LogP contribution < -0.4 is 10.2 Å². The molecule has 2 aromatic carbocycles. The van der Waals surface area contributed by atoms with Crippen molar-refractivity contribution in [2.24, 2.45) is 5.92 Å². The lowest BCUT2D eigenvalue weighted by Gasteiger charge is -2.16. The van der Waals surface area contributed by atoms with Crippen LogP contribution in [0.1, 0.15) is 12.0 Å². The second-order valence-electron chi connectivity index (χ2n) is 6.13. The maximum Gasteiger partial charge on any atom is 0.239 e. The van der Waals surface area contributed by atoms with Crippen LogP contribution in [0.3, 0.4) is 0 Å². The van der Waals surface area contributed by atoms with E-state index in [1.165, 1.54) is 41.3 Å². The standard InChI is InChI=1S/C19H17ClF2N2O2/c20-13-9-12(10-15(22)11-13)5-7-23-18(25)17-6-8-24(19(17)26)16-3-1-14(21)2-4-16/h1-4,9-11,17H,5-8H2,(H,23,25). The average molecular weight is 379 g/mol. The first kappa shape index (κ1) is 18.3. The Kier molecular flexibility index (Phi) is 5.52. The normalized spacial score (nSPS) is 16.8. The Hall–Kier alpha value is -2.47. The lowest BCUT2D eigenvalue weighted by Crippen LogP contribution is -2.37. The van der Waals surface area contributed by atoms with E-state index in [1.54, 1.807) is 6.07 Å². The van der Waals surface area contributed by atoms with Gasteiger partial charge in [0.2, 0.25) is 11.8 Å². The van der Waals surface area contributed by atoms with Crippen LogP contribution in [-0.2, 0) is 16.0 Å². The van der Waals surface area contributed by atoms with Crippen LogP contribution in [0.4, 0.5) is 14.5 Å². The molecule has 1 heterocycles. The van der Waals surface area contributed by atoms with Crippen LogP contribution in [0.15, 0.2) is 42.5 Å². The first-order valence-corrected chi connectivity index (χ1v) is 8.61. The molecule has 0 aliphatic carbocycles. The van der Waals surface area contributed by atoms with E-state index in [4.69, 9.17) is 11.6 Å². The van der Waals surface area contributed by atoms with E-state index < -0.39 is 11.7 Å². The number of carbonyl (C=O) groups excluding carboxylic acids is 2. The highest BCUT2D eigenvalue weighted by molar-refractivity contribution is 6.30. The summed E-state index contributed by atoms with van der Waals surface area (Å²) in [4.78, 5) is 26.2. The molecule has 1 aliphatic heterocycles. The van der Waals surface area contributed by atoms with E-state index in [0.717, 1.165) is 0 Å². The molecule has 0 bridgehead atoms. The van der Waals surface area contributed by atoms with Crippen molar-refractivity contribution in [2.45, 2.75) is 12.8 Å². The molecule has 0 aromatic heterocycles. The number of nitrogens with one attached hydrogen (secondary N) is 1. The van der Waals surface area contributed by atoms with Crippen molar-refractivity contribution in [3.8, 4) is 0 Å². The van der Waals surface area contributed by atoms with E-state index in [2.05, 4.69) is 5.32 Å². The summed E-state index contributed by atoms with van der Waals surface area (Å²) in [6.45, 7) is 0.682. The van der Waals surface area contributed by atoms with Gasteiger partial charge in [-0.3, -0.25) is 9.59 Å². The van der Waals surface area contributed by atoms with Gasteiger partial charge in [0, 0.05) is 23.8 Å².